The van der Waals surface area contributed by atoms with E-state index in [4.69, 9.17) is 4.74 Å². The van der Waals surface area contributed by atoms with Gasteiger partial charge in [-0.25, -0.2) is 9.78 Å². The Labute approximate surface area is 190 Å². The molecule has 0 aromatic carbocycles. The number of hydrogen-bond donors (Lipinski definition) is 2. The Morgan fingerprint density at radius 2 is 2.12 bits per heavy atom. The predicted molar refractivity (Wildman–Crippen MR) is 121 cm³/mol. The molecule has 1 fully saturated rings. The summed E-state index contributed by atoms with van der Waals surface area (Å²) in [6.45, 7) is 8.18. The van der Waals surface area contributed by atoms with Crippen LogP contribution in [0.15, 0.2) is 12.3 Å². The number of hydrogen-bond acceptors (Lipinski definition) is 5. The molecule has 3 atom stereocenters. The molecule has 2 N–H and O–H groups in total. The van der Waals surface area contributed by atoms with Crippen LogP contribution in [0.5, 0.6) is 5.88 Å². The second-order valence-corrected chi connectivity index (χ2v) is 9.23. The molecule has 32 heavy (non-hydrogen) atoms. The molecule has 2 aliphatic rings. The number of likely N-dealkylation sites (N-methyl/N-ethyl adjacent to an activating group) is 1. The number of urea groups is 1. The standard InChI is InChI=1S/C24H34N4O4/c1-15(2)26-24(31)27(5)13-21-16(3)12-28(17(4)14-29)23(30)20-10-19(9-8-18-6-7-18)11-25-22(20)32-21/h10-11,15-18,21,29H,6-7,12-14H2,1-5H3,(H,26,31)/t16-,17+,21-/m1/s1. The van der Waals surface area contributed by atoms with Gasteiger partial charge in [0.2, 0.25) is 5.88 Å². The number of rotatable bonds is 5. The molecule has 1 aliphatic carbocycles. The third kappa shape index (κ3) is 5.92. The van der Waals surface area contributed by atoms with E-state index in [1.165, 1.54) is 0 Å². The third-order valence-electron chi connectivity index (χ3n) is 5.73. The average molecular weight is 443 g/mol. The van der Waals surface area contributed by atoms with Crippen LogP contribution < -0.4 is 10.1 Å². The Balaban J connectivity index is 1.91. The van der Waals surface area contributed by atoms with Gasteiger partial charge in [-0.15, -0.1) is 0 Å². The molecule has 2 heterocycles. The van der Waals surface area contributed by atoms with Gasteiger partial charge in [-0.05, 0) is 39.7 Å². The molecule has 1 saturated carbocycles. The Kier molecular flexibility index (Phi) is 7.62. The second-order valence-electron chi connectivity index (χ2n) is 9.23. The van der Waals surface area contributed by atoms with Gasteiger partial charge in [0.1, 0.15) is 11.7 Å². The number of fused-ring (bicyclic) bond motifs is 1. The second kappa shape index (κ2) is 10.2. The normalized spacial score (nSPS) is 21.5. The fraction of sp³-hybridized carbons (Fsp3) is 0.625. The lowest BCUT2D eigenvalue weighted by atomic mass is 10.00. The third-order valence-corrected chi connectivity index (χ3v) is 5.73. The Morgan fingerprint density at radius 1 is 1.41 bits per heavy atom. The van der Waals surface area contributed by atoms with E-state index in [9.17, 15) is 14.7 Å². The van der Waals surface area contributed by atoms with Gasteiger partial charge in [0.15, 0.2) is 0 Å². The van der Waals surface area contributed by atoms with Crippen molar-refractivity contribution in [3.8, 4) is 17.7 Å². The number of pyridine rings is 1. The first kappa shape index (κ1) is 23.9. The first-order chi connectivity index (χ1) is 15.2. The lowest BCUT2D eigenvalue weighted by Gasteiger charge is -2.37. The van der Waals surface area contributed by atoms with Crippen LogP contribution in [0, 0.1) is 23.7 Å². The molecular formula is C24H34N4O4. The SMILES string of the molecule is CC(C)NC(=O)N(C)C[C@H]1Oc2ncc(C#CC3CC3)cc2C(=O)N([C@@H](C)CO)C[C@H]1C. The summed E-state index contributed by atoms with van der Waals surface area (Å²) in [7, 11) is 1.72. The van der Waals surface area contributed by atoms with Crippen LogP contribution in [0.2, 0.25) is 0 Å². The van der Waals surface area contributed by atoms with Crippen molar-refractivity contribution in [2.45, 2.75) is 58.7 Å². The zero-order chi connectivity index (χ0) is 23.4. The van der Waals surface area contributed by atoms with Crippen molar-refractivity contribution in [2.75, 3.05) is 26.7 Å². The number of aromatic nitrogens is 1. The lowest BCUT2D eigenvalue weighted by Crippen LogP contribution is -2.51. The van der Waals surface area contributed by atoms with Gasteiger partial charge in [0.05, 0.1) is 19.2 Å². The lowest BCUT2D eigenvalue weighted by molar-refractivity contribution is 0.0351. The largest absolute Gasteiger partial charge is 0.472 e. The van der Waals surface area contributed by atoms with Crippen molar-refractivity contribution >= 4 is 11.9 Å². The monoisotopic (exact) mass is 442 g/mol. The number of amides is 3. The first-order valence-electron chi connectivity index (χ1n) is 11.3. The minimum atomic E-state index is -0.381. The van der Waals surface area contributed by atoms with Crippen LogP contribution in [0.1, 0.15) is 56.5 Å². The quantitative estimate of drug-likeness (QED) is 0.681. The number of carbonyl (C=O) groups excluding carboxylic acids is 2. The fourth-order valence-corrected chi connectivity index (χ4v) is 3.51. The van der Waals surface area contributed by atoms with Gasteiger partial charge in [-0.2, -0.15) is 0 Å². The van der Waals surface area contributed by atoms with Crippen LogP contribution in [-0.4, -0.2) is 76.8 Å². The molecule has 0 spiro atoms. The summed E-state index contributed by atoms with van der Waals surface area (Å²) in [6.07, 6.45) is 3.48. The summed E-state index contributed by atoms with van der Waals surface area (Å²) in [5, 5.41) is 12.6. The van der Waals surface area contributed by atoms with Crippen LogP contribution in [0.4, 0.5) is 4.79 Å². The Hall–Kier alpha value is -2.79. The van der Waals surface area contributed by atoms with Crippen LogP contribution >= 0.6 is 0 Å². The van der Waals surface area contributed by atoms with Crippen molar-refractivity contribution < 1.29 is 19.4 Å². The van der Waals surface area contributed by atoms with E-state index in [1.807, 2.05) is 27.7 Å². The summed E-state index contributed by atoms with van der Waals surface area (Å²) >= 11 is 0. The van der Waals surface area contributed by atoms with E-state index < -0.39 is 0 Å². The Bertz CT molecular complexity index is 903. The maximum atomic E-state index is 13.4. The Morgan fingerprint density at radius 3 is 2.75 bits per heavy atom. The van der Waals surface area contributed by atoms with E-state index in [1.54, 1.807) is 29.1 Å². The van der Waals surface area contributed by atoms with Crippen molar-refractivity contribution in [3.05, 3.63) is 23.4 Å². The number of aliphatic hydroxyl groups is 1. The maximum Gasteiger partial charge on any atom is 0.317 e. The van der Waals surface area contributed by atoms with Crippen molar-refractivity contribution in [1.82, 2.24) is 20.1 Å². The predicted octanol–water partition coefficient (Wildman–Crippen LogP) is 2.11. The number of nitrogens with one attached hydrogen (secondary N) is 1. The molecule has 1 aromatic heterocycles. The molecule has 8 heteroatoms. The van der Waals surface area contributed by atoms with Gasteiger partial charge < -0.3 is 25.0 Å². The highest BCUT2D eigenvalue weighted by molar-refractivity contribution is 5.97. The van der Waals surface area contributed by atoms with Crippen molar-refractivity contribution in [1.29, 1.82) is 0 Å². The minimum absolute atomic E-state index is 0.0247. The average Bonchev–Trinajstić information content (AvgIpc) is 3.58. The smallest absolute Gasteiger partial charge is 0.317 e. The van der Waals surface area contributed by atoms with Gasteiger partial charge in [-0.3, -0.25) is 4.79 Å². The first-order valence-corrected chi connectivity index (χ1v) is 11.3. The highest BCUT2D eigenvalue weighted by Crippen LogP contribution is 2.29. The van der Waals surface area contributed by atoms with E-state index in [0.29, 0.717) is 30.1 Å². The fourth-order valence-electron chi connectivity index (χ4n) is 3.51. The molecule has 1 aliphatic heterocycles. The maximum absolute atomic E-state index is 13.4. The van der Waals surface area contributed by atoms with Gasteiger partial charge in [0.25, 0.3) is 5.91 Å². The van der Waals surface area contributed by atoms with Gasteiger partial charge in [-0.1, -0.05) is 18.8 Å². The molecule has 0 saturated heterocycles. The van der Waals surface area contributed by atoms with Gasteiger partial charge >= 0.3 is 6.03 Å². The minimum Gasteiger partial charge on any atom is -0.472 e. The summed E-state index contributed by atoms with van der Waals surface area (Å²) in [4.78, 5) is 33.4. The molecule has 3 rings (SSSR count). The number of aliphatic hydroxyl groups excluding tert-OH is 1. The topological polar surface area (TPSA) is 95.0 Å². The summed E-state index contributed by atoms with van der Waals surface area (Å²) in [6, 6.07) is 1.20. The van der Waals surface area contributed by atoms with Crippen LogP contribution in [0.3, 0.4) is 0 Å². The molecule has 0 radical (unpaired) electrons. The molecule has 1 aromatic rings. The molecule has 0 bridgehead atoms. The number of nitrogens with zero attached hydrogens (tertiary/aromatic N) is 3. The molecular weight excluding hydrogens is 408 g/mol. The van der Waals surface area contributed by atoms with E-state index >= 15 is 0 Å². The number of ether oxygens (including phenoxy) is 1. The zero-order valence-electron chi connectivity index (χ0n) is 19.6. The number of carbonyl (C=O) groups is 2. The van der Waals surface area contributed by atoms with Crippen LogP contribution in [0.25, 0.3) is 0 Å². The summed E-state index contributed by atoms with van der Waals surface area (Å²) in [5.74, 6) is 6.64. The molecule has 8 nitrogen and oxygen atoms in total. The van der Waals surface area contributed by atoms with E-state index in [2.05, 4.69) is 22.1 Å². The summed E-state index contributed by atoms with van der Waals surface area (Å²) in [5.41, 5.74) is 1.00. The zero-order valence-corrected chi connectivity index (χ0v) is 19.6. The highest BCUT2D eigenvalue weighted by Gasteiger charge is 2.34. The van der Waals surface area contributed by atoms with E-state index in [0.717, 1.165) is 12.8 Å². The molecule has 3 amide bonds. The highest BCUT2D eigenvalue weighted by atomic mass is 16.5. The molecule has 0 unspecified atom stereocenters. The van der Waals surface area contributed by atoms with Gasteiger partial charge in [0, 0.05) is 43.2 Å². The summed E-state index contributed by atoms with van der Waals surface area (Å²) < 4.78 is 6.21. The van der Waals surface area contributed by atoms with Crippen LogP contribution in [-0.2, 0) is 0 Å². The van der Waals surface area contributed by atoms with Crippen molar-refractivity contribution in [2.24, 2.45) is 11.8 Å². The van der Waals surface area contributed by atoms with E-state index in [-0.39, 0.29) is 48.5 Å². The molecule has 174 valence electrons. The van der Waals surface area contributed by atoms with Crippen molar-refractivity contribution in [3.63, 3.8) is 0 Å².